The maximum atomic E-state index is 13.3. The SMILES string of the molecule is CC(C)C1CNc2c(F)cccc2C1. The summed E-state index contributed by atoms with van der Waals surface area (Å²) < 4.78 is 13.3. The van der Waals surface area contributed by atoms with Crippen LogP contribution in [0.25, 0.3) is 0 Å². The normalized spacial score (nSPS) is 20.4. The van der Waals surface area contributed by atoms with Gasteiger partial charge in [-0.2, -0.15) is 0 Å². The molecule has 1 aliphatic heterocycles. The average molecular weight is 193 g/mol. The van der Waals surface area contributed by atoms with E-state index < -0.39 is 0 Å². The zero-order valence-corrected chi connectivity index (χ0v) is 8.68. The summed E-state index contributed by atoms with van der Waals surface area (Å²) in [6.45, 7) is 5.33. The summed E-state index contributed by atoms with van der Waals surface area (Å²) in [6.07, 6.45) is 0.998. The summed E-state index contributed by atoms with van der Waals surface area (Å²) in [5.41, 5.74) is 1.83. The first kappa shape index (κ1) is 9.50. The van der Waals surface area contributed by atoms with Gasteiger partial charge < -0.3 is 5.32 Å². The van der Waals surface area contributed by atoms with Crippen LogP contribution in [-0.4, -0.2) is 6.54 Å². The Morgan fingerprint density at radius 1 is 1.43 bits per heavy atom. The number of fused-ring (bicyclic) bond motifs is 1. The molecule has 0 spiro atoms. The molecule has 0 saturated carbocycles. The van der Waals surface area contributed by atoms with Gasteiger partial charge in [-0.15, -0.1) is 0 Å². The van der Waals surface area contributed by atoms with Crippen LogP contribution in [0.15, 0.2) is 18.2 Å². The second-order valence-electron chi connectivity index (χ2n) is 4.36. The number of benzene rings is 1. The summed E-state index contributed by atoms with van der Waals surface area (Å²) in [4.78, 5) is 0. The number of rotatable bonds is 1. The number of hydrogen-bond acceptors (Lipinski definition) is 1. The van der Waals surface area contributed by atoms with Gasteiger partial charge in [-0.05, 0) is 29.9 Å². The summed E-state index contributed by atoms with van der Waals surface area (Å²) in [5.74, 6) is 1.16. The molecule has 0 aliphatic carbocycles. The van der Waals surface area contributed by atoms with E-state index in [4.69, 9.17) is 0 Å². The van der Waals surface area contributed by atoms with Crippen molar-refractivity contribution >= 4 is 5.69 Å². The van der Waals surface area contributed by atoms with Crippen LogP contribution >= 0.6 is 0 Å². The monoisotopic (exact) mass is 193 g/mol. The molecule has 1 aromatic carbocycles. The lowest BCUT2D eigenvalue weighted by molar-refractivity contribution is 0.391. The largest absolute Gasteiger partial charge is 0.382 e. The fraction of sp³-hybridized carbons (Fsp3) is 0.500. The van der Waals surface area contributed by atoms with Gasteiger partial charge in [-0.3, -0.25) is 0 Å². The van der Waals surface area contributed by atoms with E-state index in [2.05, 4.69) is 19.2 Å². The molecule has 1 nitrogen and oxygen atoms in total. The van der Waals surface area contributed by atoms with Crippen LogP contribution in [0.4, 0.5) is 10.1 Å². The maximum absolute atomic E-state index is 13.3. The van der Waals surface area contributed by atoms with Crippen molar-refractivity contribution in [1.82, 2.24) is 0 Å². The van der Waals surface area contributed by atoms with Crippen molar-refractivity contribution in [3.05, 3.63) is 29.6 Å². The molecule has 0 aromatic heterocycles. The van der Waals surface area contributed by atoms with Crippen LogP contribution in [-0.2, 0) is 6.42 Å². The molecule has 1 aromatic rings. The van der Waals surface area contributed by atoms with Gasteiger partial charge in [0.1, 0.15) is 5.82 Å². The topological polar surface area (TPSA) is 12.0 Å². The lowest BCUT2D eigenvalue weighted by atomic mass is 9.86. The minimum absolute atomic E-state index is 0.121. The highest BCUT2D eigenvalue weighted by Crippen LogP contribution is 2.29. The molecular weight excluding hydrogens is 177 g/mol. The van der Waals surface area contributed by atoms with E-state index in [1.54, 1.807) is 6.07 Å². The third-order valence-corrected chi connectivity index (χ3v) is 3.07. The Kier molecular flexibility index (Phi) is 2.44. The number of halogens is 1. The zero-order valence-electron chi connectivity index (χ0n) is 8.68. The Bertz CT molecular complexity index is 333. The summed E-state index contributed by atoms with van der Waals surface area (Å²) in [7, 11) is 0. The minimum atomic E-state index is -0.121. The van der Waals surface area contributed by atoms with Crippen LogP contribution in [0.3, 0.4) is 0 Å². The zero-order chi connectivity index (χ0) is 10.1. The minimum Gasteiger partial charge on any atom is -0.382 e. The molecule has 14 heavy (non-hydrogen) atoms. The van der Waals surface area contributed by atoms with Gasteiger partial charge in [0.15, 0.2) is 0 Å². The fourth-order valence-electron chi connectivity index (χ4n) is 2.00. The molecule has 1 heterocycles. The Morgan fingerprint density at radius 3 is 2.93 bits per heavy atom. The quantitative estimate of drug-likeness (QED) is 0.722. The average Bonchev–Trinajstić information content (AvgIpc) is 2.17. The molecule has 2 heteroatoms. The predicted molar refractivity (Wildman–Crippen MR) is 56.9 cm³/mol. The van der Waals surface area contributed by atoms with Gasteiger partial charge >= 0.3 is 0 Å². The predicted octanol–water partition coefficient (Wildman–Crippen LogP) is 3.07. The number of nitrogens with one attached hydrogen (secondary N) is 1. The summed E-state index contributed by atoms with van der Waals surface area (Å²) >= 11 is 0. The third kappa shape index (κ3) is 1.61. The van der Waals surface area contributed by atoms with Gasteiger partial charge in [-0.25, -0.2) is 4.39 Å². The van der Waals surface area contributed by atoms with Gasteiger partial charge in [0, 0.05) is 6.54 Å². The molecule has 0 amide bonds. The van der Waals surface area contributed by atoms with E-state index in [0.717, 1.165) is 18.5 Å². The lowest BCUT2D eigenvalue weighted by Gasteiger charge is -2.28. The van der Waals surface area contributed by atoms with Gasteiger partial charge in [0.2, 0.25) is 0 Å². The Balaban J connectivity index is 2.27. The molecule has 1 atom stereocenters. The van der Waals surface area contributed by atoms with Crippen molar-refractivity contribution < 1.29 is 4.39 Å². The van der Waals surface area contributed by atoms with E-state index in [1.807, 2.05) is 6.07 Å². The highest BCUT2D eigenvalue weighted by atomic mass is 19.1. The molecule has 1 unspecified atom stereocenters. The van der Waals surface area contributed by atoms with Crippen LogP contribution in [0.2, 0.25) is 0 Å². The Hall–Kier alpha value is -1.05. The van der Waals surface area contributed by atoms with E-state index in [0.29, 0.717) is 17.5 Å². The molecule has 2 rings (SSSR count). The maximum Gasteiger partial charge on any atom is 0.146 e. The number of para-hydroxylation sites is 1. The van der Waals surface area contributed by atoms with E-state index in [-0.39, 0.29) is 5.82 Å². The van der Waals surface area contributed by atoms with Crippen molar-refractivity contribution in [3.63, 3.8) is 0 Å². The molecule has 0 fully saturated rings. The van der Waals surface area contributed by atoms with Gasteiger partial charge in [0.25, 0.3) is 0 Å². The molecule has 0 radical (unpaired) electrons. The first-order valence-electron chi connectivity index (χ1n) is 5.19. The lowest BCUT2D eigenvalue weighted by Crippen LogP contribution is -2.27. The van der Waals surface area contributed by atoms with Crippen LogP contribution in [0.1, 0.15) is 19.4 Å². The Labute approximate surface area is 84.3 Å². The van der Waals surface area contributed by atoms with E-state index in [1.165, 1.54) is 6.07 Å². The number of anilines is 1. The van der Waals surface area contributed by atoms with Crippen LogP contribution in [0.5, 0.6) is 0 Å². The van der Waals surface area contributed by atoms with Crippen molar-refractivity contribution in [1.29, 1.82) is 0 Å². The van der Waals surface area contributed by atoms with Crippen LogP contribution < -0.4 is 5.32 Å². The van der Waals surface area contributed by atoms with Gasteiger partial charge in [-0.1, -0.05) is 26.0 Å². The smallest absolute Gasteiger partial charge is 0.146 e. The molecule has 76 valence electrons. The standard InChI is InChI=1S/C12H16FN/c1-8(2)10-6-9-4-3-5-11(13)12(9)14-7-10/h3-5,8,10,14H,6-7H2,1-2H3. The summed E-state index contributed by atoms with van der Waals surface area (Å²) in [6, 6.07) is 5.32. The first-order chi connectivity index (χ1) is 6.68. The first-order valence-corrected chi connectivity index (χ1v) is 5.19. The highest BCUT2D eigenvalue weighted by molar-refractivity contribution is 5.54. The highest BCUT2D eigenvalue weighted by Gasteiger charge is 2.22. The van der Waals surface area contributed by atoms with Crippen LogP contribution in [0, 0.1) is 17.7 Å². The van der Waals surface area contributed by atoms with Crippen molar-refractivity contribution in [3.8, 4) is 0 Å². The third-order valence-electron chi connectivity index (χ3n) is 3.07. The fourth-order valence-corrected chi connectivity index (χ4v) is 2.00. The molecule has 1 aliphatic rings. The molecule has 0 saturated heterocycles. The second-order valence-corrected chi connectivity index (χ2v) is 4.36. The molecule has 0 bridgehead atoms. The molecule has 1 N–H and O–H groups in total. The van der Waals surface area contributed by atoms with Crippen molar-refractivity contribution in [2.75, 3.05) is 11.9 Å². The molecular formula is C12H16FN. The second kappa shape index (κ2) is 3.60. The number of hydrogen-bond donors (Lipinski definition) is 1. The van der Waals surface area contributed by atoms with Gasteiger partial charge in [0.05, 0.1) is 5.69 Å². The van der Waals surface area contributed by atoms with Crippen molar-refractivity contribution in [2.24, 2.45) is 11.8 Å². The van der Waals surface area contributed by atoms with Crippen molar-refractivity contribution in [2.45, 2.75) is 20.3 Å². The van der Waals surface area contributed by atoms with E-state index >= 15 is 0 Å². The van der Waals surface area contributed by atoms with E-state index in [9.17, 15) is 4.39 Å². The summed E-state index contributed by atoms with van der Waals surface area (Å²) in [5, 5.41) is 3.19. The Morgan fingerprint density at radius 2 is 2.21 bits per heavy atom.